The molecule has 28 heavy (non-hydrogen) atoms. The highest BCUT2D eigenvalue weighted by molar-refractivity contribution is 5.96. The number of hydrogen-bond donors (Lipinski definition) is 1. The van der Waals surface area contributed by atoms with Crippen molar-refractivity contribution in [3.63, 3.8) is 0 Å². The van der Waals surface area contributed by atoms with Gasteiger partial charge in [-0.3, -0.25) is 5.32 Å². The van der Waals surface area contributed by atoms with Crippen molar-refractivity contribution in [2.45, 2.75) is 19.6 Å². The van der Waals surface area contributed by atoms with Gasteiger partial charge in [0.05, 0.1) is 31.1 Å². The highest BCUT2D eigenvalue weighted by Gasteiger charge is 2.27. The van der Waals surface area contributed by atoms with Crippen LogP contribution in [0.5, 0.6) is 11.5 Å². The van der Waals surface area contributed by atoms with Gasteiger partial charge in [0.1, 0.15) is 6.17 Å². The summed E-state index contributed by atoms with van der Waals surface area (Å²) in [4.78, 5) is 14.5. The topological polar surface area (TPSA) is 69.3 Å². The number of morpholine rings is 1. The van der Waals surface area contributed by atoms with E-state index in [9.17, 15) is 4.79 Å². The summed E-state index contributed by atoms with van der Waals surface area (Å²) < 4.78 is 21.7. The van der Waals surface area contributed by atoms with E-state index in [4.69, 9.17) is 18.9 Å². The number of esters is 1. The highest BCUT2D eigenvalue weighted by Crippen LogP contribution is 2.32. The standard InChI is InChI=1S/C21H24N2O5/c1-2-26-21(24)16-5-3-4-6-17(16)23-9-10-25-13-20(23)22-12-15-7-8-18-19(11-15)28-14-27-18/h3-8,11,20,22H,2,9-10,12-14H2,1H3. The smallest absolute Gasteiger partial charge is 0.340 e. The Labute approximate surface area is 164 Å². The molecule has 1 saturated heterocycles. The number of benzene rings is 2. The second-order valence-electron chi connectivity index (χ2n) is 6.59. The van der Waals surface area contributed by atoms with Crippen LogP contribution in [0.1, 0.15) is 22.8 Å². The Morgan fingerprint density at radius 1 is 1.21 bits per heavy atom. The molecular weight excluding hydrogens is 360 g/mol. The molecule has 2 aromatic rings. The predicted molar refractivity (Wildman–Crippen MR) is 104 cm³/mol. The first kappa shape index (κ1) is 18.6. The zero-order valence-corrected chi connectivity index (χ0v) is 15.8. The molecule has 7 nitrogen and oxygen atoms in total. The minimum absolute atomic E-state index is 0.0604. The van der Waals surface area contributed by atoms with Crippen molar-refractivity contribution in [3.05, 3.63) is 53.6 Å². The van der Waals surface area contributed by atoms with E-state index in [1.54, 1.807) is 6.07 Å². The van der Waals surface area contributed by atoms with Crippen molar-refractivity contribution in [1.82, 2.24) is 5.32 Å². The Hall–Kier alpha value is -2.77. The number of nitrogens with zero attached hydrogens (tertiary/aromatic N) is 1. The first-order chi connectivity index (χ1) is 13.8. The van der Waals surface area contributed by atoms with Crippen LogP contribution in [0.15, 0.2) is 42.5 Å². The summed E-state index contributed by atoms with van der Waals surface area (Å²) in [5.41, 5.74) is 2.52. The number of carbonyl (C=O) groups excluding carboxylic acids is 1. The van der Waals surface area contributed by atoms with Gasteiger partial charge >= 0.3 is 5.97 Å². The van der Waals surface area contributed by atoms with Crippen LogP contribution in [0.2, 0.25) is 0 Å². The lowest BCUT2D eigenvalue weighted by Gasteiger charge is -2.38. The molecule has 2 aliphatic rings. The Morgan fingerprint density at radius 3 is 2.96 bits per heavy atom. The third kappa shape index (κ3) is 3.90. The molecule has 1 N–H and O–H groups in total. The number of para-hydroxylation sites is 1. The van der Waals surface area contributed by atoms with Crippen molar-refractivity contribution in [2.24, 2.45) is 0 Å². The normalized spacial score (nSPS) is 18.2. The van der Waals surface area contributed by atoms with Crippen molar-refractivity contribution < 1.29 is 23.7 Å². The fourth-order valence-corrected chi connectivity index (χ4v) is 3.45. The Balaban J connectivity index is 1.50. The molecule has 4 rings (SSSR count). The number of anilines is 1. The van der Waals surface area contributed by atoms with E-state index in [0.717, 1.165) is 22.7 Å². The molecule has 0 aromatic heterocycles. The first-order valence-corrected chi connectivity index (χ1v) is 9.48. The SMILES string of the molecule is CCOC(=O)c1ccccc1N1CCOCC1NCc1ccc2c(c1)OCO2. The number of rotatable bonds is 6. The molecule has 0 aliphatic carbocycles. The Kier molecular flexibility index (Phi) is 5.64. The van der Waals surface area contributed by atoms with Crippen molar-refractivity contribution in [3.8, 4) is 11.5 Å². The molecule has 2 aromatic carbocycles. The molecule has 0 bridgehead atoms. The van der Waals surface area contributed by atoms with Crippen LogP contribution < -0.4 is 19.7 Å². The van der Waals surface area contributed by atoms with Gasteiger partial charge in [-0.15, -0.1) is 0 Å². The minimum atomic E-state index is -0.306. The fraction of sp³-hybridized carbons (Fsp3) is 0.381. The van der Waals surface area contributed by atoms with Crippen LogP contribution in [-0.2, 0) is 16.0 Å². The van der Waals surface area contributed by atoms with Gasteiger partial charge in [0.25, 0.3) is 0 Å². The van der Waals surface area contributed by atoms with E-state index < -0.39 is 0 Å². The average molecular weight is 384 g/mol. The molecule has 1 fully saturated rings. The lowest BCUT2D eigenvalue weighted by atomic mass is 10.1. The van der Waals surface area contributed by atoms with Gasteiger partial charge in [-0.25, -0.2) is 4.79 Å². The summed E-state index contributed by atoms with van der Waals surface area (Å²) in [5.74, 6) is 1.23. The van der Waals surface area contributed by atoms with Gasteiger partial charge in [0.2, 0.25) is 6.79 Å². The molecule has 7 heteroatoms. The number of fused-ring (bicyclic) bond motifs is 1. The zero-order valence-electron chi connectivity index (χ0n) is 15.8. The van der Waals surface area contributed by atoms with Gasteiger partial charge in [0, 0.05) is 13.1 Å². The lowest BCUT2D eigenvalue weighted by Crippen LogP contribution is -2.53. The quantitative estimate of drug-likeness (QED) is 0.768. The molecule has 1 atom stereocenters. The van der Waals surface area contributed by atoms with Crippen molar-refractivity contribution in [1.29, 1.82) is 0 Å². The summed E-state index contributed by atoms with van der Waals surface area (Å²) in [6.45, 7) is 4.90. The number of carbonyl (C=O) groups is 1. The molecular formula is C21H24N2O5. The maximum Gasteiger partial charge on any atom is 0.340 e. The van der Waals surface area contributed by atoms with E-state index in [0.29, 0.717) is 38.5 Å². The van der Waals surface area contributed by atoms with Crippen LogP contribution in [0.25, 0.3) is 0 Å². The molecule has 0 radical (unpaired) electrons. The summed E-state index contributed by atoms with van der Waals surface area (Å²) in [7, 11) is 0. The van der Waals surface area contributed by atoms with E-state index >= 15 is 0 Å². The molecule has 148 valence electrons. The van der Waals surface area contributed by atoms with E-state index in [-0.39, 0.29) is 18.9 Å². The summed E-state index contributed by atoms with van der Waals surface area (Å²) in [5, 5.41) is 3.53. The van der Waals surface area contributed by atoms with E-state index in [2.05, 4.69) is 10.2 Å². The van der Waals surface area contributed by atoms with Gasteiger partial charge in [-0.2, -0.15) is 0 Å². The number of hydrogen-bond acceptors (Lipinski definition) is 7. The van der Waals surface area contributed by atoms with Gasteiger partial charge in [-0.1, -0.05) is 18.2 Å². The molecule has 0 amide bonds. The van der Waals surface area contributed by atoms with Crippen LogP contribution in [0, 0.1) is 0 Å². The summed E-state index contributed by atoms with van der Waals surface area (Å²) in [6.07, 6.45) is -0.0604. The molecule has 2 heterocycles. The largest absolute Gasteiger partial charge is 0.462 e. The zero-order chi connectivity index (χ0) is 19.3. The van der Waals surface area contributed by atoms with E-state index in [1.165, 1.54) is 0 Å². The third-order valence-corrected chi connectivity index (χ3v) is 4.82. The minimum Gasteiger partial charge on any atom is -0.462 e. The first-order valence-electron chi connectivity index (χ1n) is 9.48. The molecule has 0 spiro atoms. The Morgan fingerprint density at radius 2 is 2.07 bits per heavy atom. The van der Waals surface area contributed by atoms with Crippen LogP contribution in [0.4, 0.5) is 5.69 Å². The van der Waals surface area contributed by atoms with Crippen LogP contribution in [0.3, 0.4) is 0 Å². The fourth-order valence-electron chi connectivity index (χ4n) is 3.45. The van der Waals surface area contributed by atoms with Gasteiger partial charge in [0.15, 0.2) is 11.5 Å². The second-order valence-corrected chi connectivity index (χ2v) is 6.59. The highest BCUT2D eigenvalue weighted by atomic mass is 16.7. The second kappa shape index (κ2) is 8.50. The van der Waals surface area contributed by atoms with E-state index in [1.807, 2.05) is 43.3 Å². The monoisotopic (exact) mass is 384 g/mol. The molecule has 0 saturated carbocycles. The third-order valence-electron chi connectivity index (χ3n) is 4.82. The van der Waals surface area contributed by atoms with Gasteiger partial charge in [-0.05, 0) is 36.8 Å². The van der Waals surface area contributed by atoms with Crippen molar-refractivity contribution in [2.75, 3.05) is 38.1 Å². The maximum absolute atomic E-state index is 12.4. The van der Waals surface area contributed by atoms with Crippen molar-refractivity contribution >= 4 is 11.7 Å². The lowest BCUT2D eigenvalue weighted by molar-refractivity contribution is 0.0524. The predicted octanol–water partition coefficient (Wildman–Crippen LogP) is 2.54. The molecule has 2 aliphatic heterocycles. The number of nitrogens with one attached hydrogen (secondary N) is 1. The van der Waals surface area contributed by atoms with Crippen LogP contribution in [-0.4, -0.2) is 45.3 Å². The maximum atomic E-state index is 12.4. The Bertz CT molecular complexity index is 841. The number of ether oxygens (including phenoxy) is 4. The summed E-state index contributed by atoms with van der Waals surface area (Å²) >= 11 is 0. The molecule has 1 unspecified atom stereocenters. The summed E-state index contributed by atoms with van der Waals surface area (Å²) in [6, 6.07) is 13.5. The van der Waals surface area contributed by atoms with Gasteiger partial charge < -0.3 is 23.8 Å². The van der Waals surface area contributed by atoms with Crippen LogP contribution >= 0.6 is 0 Å². The average Bonchev–Trinajstić information content (AvgIpc) is 3.20.